The molecule has 36 heavy (non-hydrogen) atoms. The number of aliphatic hydroxyl groups excluding tert-OH is 1. The van der Waals surface area contributed by atoms with E-state index in [0.29, 0.717) is 48.9 Å². The maximum atomic E-state index is 11.5. The third-order valence-electron chi connectivity index (χ3n) is 7.00. The molecule has 1 N–H and O–H groups in total. The summed E-state index contributed by atoms with van der Waals surface area (Å²) in [5, 5.41) is 14.0. The number of carbonyl (C=O) groups excluding carboxylic acids is 1. The first-order valence-electron chi connectivity index (χ1n) is 12.7. The second kappa shape index (κ2) is 10.7. The van der Waals surface area contributed by atoms with Crippen molar-refractivity contribution in [3.05, 3.63) is 59.8 Å². The van der Waals surface area contributed by atoms with Gasteiger partial charge in [0.05, 0.1) is 13.2 Å². The van der Waals surface area contributed by atoms with E-state index >= 15 is 0 Å². The molecule has 1 unspecified atom stereocenters. The van der Waals surface area contributed by atoms with Crippen LogP contribution >= 0.6 is 0 Å². The fraction of sp³-hybridized carbons (Fsp3) is 0.464. The Morgan fingerprint density at radius 2 is 2.06 bits per heavy atom. The maximum absolute atomic E-state index is 11.5. The zero-order valence-corrected chi connectivity index (χ0v) is 20.8. The Morgan fingerprint density at radius 1 is 1.28 bits per heavy atom. The van der Waals surface area contributed by atoms with Gasteiger partial charge in [0.2, 0.25) is 0 Å². The number of ether oxygens (including phenoxy) is 1. The normalized spacial score (nSPS) is 21.5. The molecule has 1 aromatic carbocycles. The minimum atomic E-state index is -0.642. The van der Waals surface area contributed by atoms with E-state index in [1.165, 1.54) is 0 Å². The maximum Gasteiger partial charge on any atom is 0.305 e. The predicted octanol–water partition coefficient (Wildman–Crippen LogP) is 3.51. The van der Waals surface area contributed by atoms with Crippen molar-refractivity contribution in [1.82, 2.24) is 19.6 Å². The summed E-state index contributed by atoms with van der Waals surface area (Å²) in [6, 6.07) is 9.96. The lowest BCUT2D eigenvalue weighted by Crippen LogP contribution is -2.26. The van der Waals surface area contributed by atoms with Gasteiger partial charge in [-0.3, -0.25) is 4.79 Å². The molecule has 3 aromatic rings. The zero-order valence-electron chi connectivity index (χ0n) is 20.8. The molecule has 0 bridgehead atoms. The van der Waals surface area contributed by atoms with Gasteiger partial charge >= 0.3 is 5.97 Å². The number of rotatable bonds is 9. The lowest BCUT2D eigenvalue weighted by Gasteiger charge is -2.17. The minimum Gasteiger partial charge on any atom is -0.466 e. The fourth-order valence-corrected chi connectivity index (χ4v) is 5.09. The van der Waals surface area contributed by atoms with Gasteiger partial charge in [-0.1, -0.05) is 17.0 Å². The molecule has 8 nitrogen and oxygen atoms in total. The molecule has 2 fully saturated rings. The quantitative estimate of drug-likeness (QED) is 0.364. The topological polar surface area (TPSA) is 93.6 Å². The van der Waals surface area contributed by atoms with Gasteiger partial charge in [-0.15, -0.1) is 0 Å². The largest absolute Gasteiger partial charge is 0.466 e. The molecule has 0 spiro atoms. The first-order valence-corrected chi connectivity index (χ1v) is 12.7. The van der Waals surface area contributed by atoms with Crippen LogP contribution in [0.25, 0.3) is 11.3 Å². The number of likely N-dealkylation sites (tertiary alicyclic amines) is 1. The van der Waals surface area contributed by atoms with E-state index in [-0.39, 0.29) is 5.97 Å². The highest BCUT2D eigenvalue weighted by atomic mass is 16.5. The van der Waals surface area contributed by atoms with Crippen LogP contribution in [0.5, 0.6) is 0 Å². The van der Waals surface area contributed by atoms with E-state index in [2.05, 4.69) is 26.9 Å². The number of carbonyl (C=O) groups is 1. The van der Waals surface area contributed by atoms with Gasteiger partial charge in [0, 0.05) is 55.0 Å². The Morgan fingerprint density at radius 3 is 2.78 bits per heavy atom. The molecule has 2 aromatic heterocycles. The Labute approximate surface area is 211 Å². The summed E-state index contributed by atoms with van der Waals surface area (Å²) in [5.74, 6) is 9.83. The van der Waals surface area contributed by atoms with E-state index in [9.17, 15) is 9.90 Å². The van der Waals surface area contributed by atoms with E-state index < -0.39 is 6.10 Å². The molecule has 2 aliphatic rings. The van der Waals surface area contributed by atoms with Crippen molar-refractivity contribution >= 4 is 5.97 Å². The molecule has 1 saturated carbocycles. The highest BCUT2D eigenvalue weighted by molar-refractivity contribution is 5.69. The number of benzene rings is 1. The van der Waals surface area contributed by atoms with Crippen LogP contribution in [0.3, 0.4) is 0 Å². The second-order valence-corrected chi connectivity index (χ2v) is 9.64. The SMILES string of the molecule is CCOC(=O)CCCN1C[C@@H]2C(C#Cc3ccc(-c4cc(Cn5ccnc5[C@H](C)O)no4)cc3)[C@@H]2C1. The van der Waals surface area contributed by atoms with Crippen LogP contribution in [0.1, 0.15) is 49.9 Å². The summed E-state index contributed by atoms with van der Waals surface area (Å²) >= 11 is 0. The van der Waals surface area contributed by atoms with Crippen LogP contribution < -0.4 is 0 Å². The van der Waals surface area contributed by atoms with Crippen molar-refractivity contribution in [2.45, 2.75) is 39.3 Å². The lowest BCUT2D eigenvalue weighted by atomic mass is 10.1. The third kappa shape index (κ3) is 5.53. The monoisotopic (exact) mass is 488 g/mol. The lowest BCUT2D eigenvalue weighted by molar-refractivity contribution is -0.143. The number of imidazole rings is 1. The number of esters is 1. The van der Waals surface area contributed by atoms with E-state index in [0.717, 1.165) is 42.9 Å². The highest BCUT2D eigenvalue weighted by Gasteiger charge is 2.54. The van der Waals surface area contributed by atoms with Crippen molar-refractivity contribution in [3.8, 4) is 23.2 Å². The molecule has 1 aliphatic heterocycles. The first-order chi connectivity index (χ1) is 17.5. The fourth-order valence-electron chi connectivity index (χ4n) is 5.09. The molecule has 4 atom stereocenters. The van der Waals surface area contributed by atoms with E-state index in [1.807, 2.05) is 48.0 Å². The van der Waals surface area contributed by atoms with Crippen molar-refractivity contribution in [2.75, 3.05) is 26.2 Å². The zero-order chi connectivity index (χ0) is 25.1. The van der Waals surface area contributed by atoms with Crippen molar-refractivity contribution in [2.24, 2.45) is 17.8 Å². The molecule has 8 heteroatoms. The van der Waals surface area contributed by atoms with Crippen LogP contribution in [0.4, 0.5) is 0 Å². The molecule has 0 amide bonds. The average Bonchev–Trinajstić information content (AvgIpc) is 3.34. The molecular formula is C28H32N4O4. The number of hydrogen-bond acceptors (Lipinski definition) is 7. The number of piperidine rings is 1. The molecule has 0 radical (unpaired) electrons. The molecule has 3 heterocycles. The van der Waals surface area contributed by atoms with Gasteiger partial charge in [-0.05, 0) is 62.9 Å². The smallest absolute Gasteiger partial charge is 0.305 e. The molecule has 1 aliphatic carbocycles. The van der Waals surface area contributed by atoms with Crippen molar-refractivity contribution < 1.29 is 19.2 Å². The summed E-state index contributed by atoms with van der Waals surface area (Å²) in [7, 11) is 0. The molecule has 1 saturated heterocycles. The van der Waals surface area contributed by atoms with Crippen molar-refractivity contribution in [1.29, 1.82) is 0 Å². The number of nitrogens with zero attached hydrogens (tertiary/aromatic N) is 4. The highest BCUT2D eigenvalue weighted by Crippen LogP contribution is 2.51. The van der Waals surface area contributed by atoms with E-state index in [4.69, 9.17) is 9.26 Å². The van der Waals surface area contributed by atoms with Crippen LogP contribution in [0.15, 0.2) is 47.2 Å². The Hall–Kier alpha value is -3.41. The summed E-state index contributed by atoms with van der Waals surface area (Å²) in [4.78, 5) is 18.1. The van der Waals surface area contributed by atoms with Crippen LogP contribution in [0, 0.1) is 29.6 Å². The standard InChI is InChI=1S/C28H32N4O4/c1-3-35-27(34)5-4-13-31-17-24-23(25(24)18-31)11-8-20-6-9-21(10-7-20)26-15-22(30-36-26)16-32-14-12-29-28(32)19(2)33/h6-7,9-10,12,14-15,19,23-25,33H,3-5,13,16-18H2,1-2H3/t19-,23?,24-,25+/m0/s1. The molecule has 188 valence electrons. The predicted molar refractivity (Wildman–Crippen MR) is 134 cm³/mol. The first kappa shape index (κ1) is 24.3. The van der Waals surface area contributed by atoms with Gasteiger partial charge in [0.15, 0.2) is 5.76 Å². The van der Waals surface area contributed by atoms with Gasteiger partial charge in [0.25, 0.3) is 0 Å². The number of aromatic nitrogens is 3. The number of fused-ring (bicyclic) bond motifs is 1. The summed E-state index contributed by atoms with van der Waals surface area (Å²) < 4.78 is 12.4. The van der Waals surface area contributed by atoms with Gasteiger partial charge in [-0.2, -0.15) is 0 Å². The Kier molecular flexibility index (Phi) is 7.21. The summed E-state index contributed by atoms with van der Waals surface area (Å²) in [5.41, 5.74) is 2.71. The van der Waals surface area contributed by atoms with Crippen LogP contribution in [-0.2, 0) is 16.1 Å². The van der Waals surface area contributed by atoms with Crippen LogP contribution in [-0.4, -0.2) is 56.9 Å². The minimum absolute atomic E-state index is 0.0962. The van der Waals surface area contributed by atoms with Crippen LogP contribution in [0.2, 0.25) is 0 Å². The molecular weight excluding hydrogens is 456 g/mol. The third-order valence-corrected chi connectivity index (χ3v) is 7.00. The average molecular weight is 489 g/mol. The van der Waals surface area contributed by atoms with E-state index in [1.54, 1.807) is 13.1 Å². The van der Waals surface area contributed by atoms with Crippen molar-refractivity contribution in [3.63, 3.8) is 0 Å². The Bertz CT molecular complexity index is 1240. The summed E-state index contributed by atoms with van der Waals surface area (Å²) in [6.45, 7) is 7.59. The number of aliphatic hydroxyl groups is 1. The Balaban J connectivity index is 1.10. The van der Waals surface area contributed by atoms with Gasteiger partial charge < -0.3 is 23.8 Å². The number of hydrogen-bond donors (Lipinski definition) is 1. The summed E-state index contributed by atoms with van der Waals surface area (Å²) in [6.07, 6.45) is 4.21. The van der Waals surface area contributed by atoms with Gasteiger partial charge in [-0.25, -0.2) is 4.98 Å². The van der Waals surface area contributed by atoms with Gasteiger partial charge in [0.1, 0.15) is 17.6 Å². The second-order valence-electron chi connectivity index (χ2n) is 9.64. The molecule has 5 rings (SSSR count).